The second kappa shape index (κ2) is 4.56. The fourth-order valence-electron chi connectivity index (χ4n) is 3.58. The van der Waals surface area contributed by atoms with Gasteiger partial charge in [0.1, 0.15) is 5.52 Å². The quantitative estimate of drug-likeness (QED) is 0.774. The molecule has 0 spiro atoms. The molecule has 1 aliphatic carbocycles. The van der Waals surface area contributed by atoms with Gasteiger partial charge in [0.05, 0.1) is 12.4 Å². The number of nitrogen functional groups attached to an aromatic ring is 1. The molecule has 0 unspecified atom stereocenters. The van der Waals surface area contributed by atoms with Gasteiger partial charge in [-0.25, -0.2) is 4.98 Å². The van der Waals surface area contributed by atoms with Gasteiger partial charge in [-0.3, -0.25) is 4.79 Å². The van der Waals surface area contributed by atoms with Crippen LogP contribution in [0.25, 0.3) is 11.2 Å². The molecule has 4 rings (SSSR count). The Bertz CT molecular complexity index is 729. The molecule has 110 valence electrons. The highest BCUT2D eigenvalue weighted by molar-refractivity contribution is 6.33. The molecular formula is C13H15ClN6O. The van der Waals surface area contributed by atoms with Crippen LogP contribution >= 0.6 is 11.6 Å². The number of nitrogens with two attached hydrogens (primary N) is 1. The second-order valence-electron chi connectivity index (χ2n) is 5.82. The fourth-order valence-corrected chi connectivity index (χ4v) is 3.80. The van der Waals surface area contributed by atoms with Crippen LogP contribution < -0.4 is 11.1 Å². The largest absolute Gasteiger partial charge is 0.368 e. The Morgan fingerprint density at radius 3 is 3.10 bits per heavy atom. The lowest BCUT2D eigenvalue weighted by atomic mass is 9.77. The van der Waals surface area contributed by atoms with E-state index in [2.05, 4.69) is 20.3 Å². The number of nitrogens with zero attached hydrogens (tertiary/aromatic N) is 4. The molecule has 3 heterocycles. The zero-order chi connectivity index (χ0) is 14.6. The van der Waals surface area contributed by atoms with Gasteiger partial charge in [0.2, 0.25) is 11.9 Å². The Labute approximate surface area is 125 Å². The highest BCUT2D eigenvalue weighted by Gasteiger charge is 2.38. The molecule has 2 bridgehead atoms. The van der Waals surface area contributed by atoms with Crippen molar-refractivity contribution in [3.8, 4) is 0 Å². The minimum Gasteiger partial charge on any atom is -0.368 e. The van der Waals surface area contributed by atoms with Gasteiger partial charge in [-0.2, -0.15) is 9.97 Å². The molecule has 8 heteroatoms. The third-order valence-electron chi connectivity index (χ3n) is 4.50. The first-order valence-electron chi connectivity index (χ1n) is 7.06. The average Bonchev–Trinajstić information content (AvgIpc) is 2.82. The van der Waals surface area contributed by atoms with Crippen molar-refractivity contribution in [2.45, 2.75) is 37.8 Å². The van der Waals surface area contributed by atoms with E-state index in [1.807, 2.05) is 4.57 Å². The van der Waals surface area contributed by atoms with Gasteiger partial charge in [0, 0.05) is 12.5 Å². The number of rotatable bonds is 1. The summed E-state index contributed by atoms with van der Waals surface area (Å²) in [5.41, 5.74) is 6.87. The van der Waals surface area contributed by atoms with Crippen molar-refractivity contribution in [1.29, 1.82) is 0 Å². The molecule has 3 atom stereocenters. The van der Waals surface area contributed by atoms with Crippen LogP contribution in [0.1, 0.15) is 31.7 Å². The maximum atomic E-state index is 11.8. The summed E-state index contributed by atoms with van der Waals surface area (Å²) < 4.78 is 1.98. The van der Waals surface area contributed by atoms with E-state index in [4.69, 9.17) is 17.3 Å². The summed E-state index contributed by atoms with van der Waals surface area (Å²) >= 11 is 6.07. The molecule has 0 aromatic carbocycles. The van der Waals surface area contributed by atoms with Crippen LogP contribution in [0.3, 0.4) is 0 Å². The summed E-state index contributed by atoms with van der Waals surface area (Å²) in [4.78, 5) is 24.2. The Hall–Kier alpha value is -1.89. The van der Waals surface area contributed by atoms with Crippen LogP contribution in [0.5, 0.6) is 0 Å². The van der Waals surface area contributed by atoms with E-state index in [9.17, 15) is 4.79 Å². The number of fused-ring (bicyclic) bond motifs is 3. The first-order chi connectivity index (χ1) is 10.1. The molecule has 2 aromatic heterocycles. The number of piperidine rings is 1. The lowest BCUT2D eigenvalue weighted by Gasteiger charge is -2.40. The van der Waals surface area contributed by atoms with E-state index >= 15 is 0 Å². The second-order valence-corrected chi connectivity index (χ2v) is 6.18. The fraction of sp³-hybridized carbons (Fsp3) is 0.538. The molecule has 2 fully saturated rings. The highest BCUT2D eigenvalue weighted by Crippen LogP contribution is 2.38. The topological polar surface area (TPSA) is 98.7 Å². The number of hydrogen-bond donors (Lipinski definition) is 2. The van der Waals surface area contributed by atoms with Crippen molar-refractivity contribution in [2.24, 2.45) is 5.92 Å². The van der Waals surface area contributed by atoms with Gasteiger partial charge in [0.25, 0.3) is 0 Å². The number of carbonyl (C=O) groups excluding carboxylic acids is 1. The van der Waals surface area contributed by atoms with E-state index in [0.717, 1.165) is 19.3 Å². The van der Waals surface area contributed by atoms with E-state index in [1.54, 1.807) is 6.33 Å². The standard InChI is InChI=1S/C13H15ClN6O/c14-11-10-12(19-13(15)18-11)20(5-16-10)8-2-1-6-3-7(8)17-9(21)4-6/h5-8H,1-4H2,(H,17,21)(H2,15,18,19)/t6-,7+,8+/m1/s1. The van der Waals surface area contributed by atoms with Crippen molar-refractivity contribution in [1.82, 2.24) is 24.8 Å². The lowest BCUT2D eigenvalue weighted by molar-refractivity contribution is -0.126. The normalized spacial score (nSPS) is 28.6. The number of imidazole rings is 1. The lowest BCUT2D eigenvalue weighted by Crippen LogP contribution is -2.49. The Morgan fingerprint density at radius 1 is 1.38 bits per heavy atom. The van der Waals surface area contributed by atoms with Gasteiger partial charge in [-0.1, -0.05) is 11.6 Å². The van der Waals surface area contributed by atoms with E-state index in [0.29, 0.717) is 23.5 Å². The van der Waals surface area contributed by atoms with Crippen LogP contribution in [-0.2, 0) is 4.79 Å². The van der Waals surface area contributed by atoms with Crippen LogP contribution in [0.2, 0.25) is 5.15 Å². The zero-order valence-corrected chi connectivity index (χ0v) is 12.0. The number of nitrogens with one attached hydrogen (secondary N) is 1. The van der Waals surface area contributed by atoms with E-state index in [-0.39, 0.29) is 29.1 Å². The number of carbonyl (C=O) groups is 1. The molecular weight excluding hydrogens is 292 g/mol. The molecule has 1 amide bonds. The highest BCUT2D eigenvalue weighted by atomic mass is 35.5. The zero-order valence-electron chi connectivity index (χ0n) is 11.3. The summed E-state index contributed by atoms with van der Waals surface area (Å²) in [6.45, 7) is 0. The minimum atomic E-state index is 0.123. The smallest absolute Gasteiger partial charge is 0.223 e. The maximum absolute atomic E-state index is 11.8. The van der Waals surface area contributed by atoms with Crippen LogP contribution in [0, 0.1) is 5.92 Å². The summed E-state index contributed by atoms with van der Waals surface area (Å²) in [6, 6.07) is 0.262. The van der Waals surface area contributed by atoms with Crippen LogP contribution in [0.4, 0.5) is 5.95 Å². The third-order valence-corrected chi connectivity index (χ3v) is 4.76. The molecule has 1 aliphatic heterocycles. The molecule has 2 aromatic rings. The first-order valence-corrected chi connectivity index (χ1v) is 7.44. The number of hydrogen-bond acceptors (Lipinski definition) is 5. The summed E-state index contributed by atoms with van der Waals surface area (Å²) in [5.74, 6) is 0.770. The maximum Gasteiger partial charge on any atom is 0.223 e. The third kappa shape index (κ3) is 2.03. The SMILES string of the molecule is Nc1nc(Cl)c2ncn([C@H]3CC[C@H]4CC(=O)N[C@H]3C4)c2n1. The summed E-state index contributed by atoms with van der Waals surface area (Å²) in [6.07, 6.45) is 5.40. The van der Waals surface area contributed by atoms with Gasteiger partial charge in [0.15, 0.2) is 10.8 Å². The number of anilines is 1. The Kier molecular flexibility index (Phi) is 2.78. The van der Waals surface area contributed by atoms with Crippen LogP contribution in [0.15, 0.2) is 6.33 Å². The van der Waals surface area contributed by atoms with E-state index in [1.165, 1.54) is 0 Å². The Balaban J connectivity index is 1.78. The average molecular weight is 307 g/mol. The Morgan fingerprint density at radius 2 is 2.24 bits per heavy atom. The monoisotopic (exact) mass is 306 g/mol. The van der Waals surface area contributed by atoms with Gasteiger partial charge >= 0.3 is 0 Å². The predicted molar refractivity (Wildman–Crippen MR) is 77.7 cm³/mol. The number of aromatic nitrogens is 4. The molecule has 21 heavy (non-hydrogen) atoms. The predicted octanol–water partition coefficient (Wildman–Crippen LogP) is 1.29. The molecule has 2 aliphatic rings. The van der Waals surface area contributed by atoms with E-state index < -0.39 is 0 Å². The van der Waals surface area contributed by atoms with Gasteiger partial charge in [-0.05, 0) is 25.2 Å². The van der Waals surface area contributed by atoms with Crippen LogP contribution in [-0.4, -0.2) is 31.5 Å². The van der Waals surface area contributed by atoms with Crippen molar-refractivity contribution >= 4 is 34.6 Å². The minimum absolute atomic E-state index is 0.123. The summed E-state index contributed by atoms with van der Waals surface area (Å²) in [7, 11) is 0. The molecule has 0 radical (unpaired) electrons. The van der Waals surface area contributed by atoms with Gasteiger partial charge < -0.3 is 15.6 Å². The van der Waals surface area contributed by atoms with Crippen molar-refractivity contribution in [3.05, 3.63) is 11.5 Å². The molecule has 3 N–H and O–H groups in total. The molecule has 7 nitrogen and oxygen atoms in total. The molecule has 1 saturated heterocycles. The number of halogens is 1. The first kappa shape index (κ1) is 12.8. The van der Waals surface area contributed by atoms with Crippen molar-refractivity contribution in [3.63, 3.8) is 0 Å². The van der Waals surface area contributed by atoms with Gasteiger partial charge in [-0.15, -0.1) is 0 Å². The molecule has 1 saturated carbocycles. The summed E-state index contributed by atoms with van der Waals surface area (Å²) in [5, 5.41) is 3.35. The van der Waals surface area contributed by atoms with Crippen molar-refractivity contribution < 1.29 is 4.79 Å². The van der Waals surface area contributed by atoms with Crippen molar-refractivity contribution in [2.75, 3.05) is 5.73 Å². The number of amides is 1.